The first kappa shape index (κ1) is 10.9. The van der Waals surface area contributed by atoms with Gasteiger partial charge in [-0.15, -0.1) is 11.6 Å². The highest BCUT2D eigenvalue weighted by molar-refractivity contribution is 9.10. The minimum Gasteiger partial charge on any atom is -0.491 e. The second-order valence-corrected chi connectivity index (χ2v) is 4.18. The molecule has 0 fully saturated rings. The summed E-state index contributed by atoms with van der Waals surface area (Å²) in [4.78, 5) is 0. The van der Waals surface area contributed by atoms with Crippen LogP contribution in [0.25, 0.3) is 0 Å². The van der Waals surface area contributed by atoms with E-state index in [0.717, 1.165) is 15.8 Å². The number of alkyl halides is 1. The van der Waals surface area contributed by atoms with Crippen molar-refractivity contribution in [2.75, 3.05) is 0 Å². The molecule has 0 aliphatic heterocycles. The Morgan fingerprint density at radius 1 is 1.46 bits per heavy atom. The number of ether oxygens (including phenoxy) is 1. The van der Waals surface area contributed by atoms with Crippen LogP contribution in [0.2, 0.25) is 0 Å². The van der Waals surface area contributed by atoms with Crippen LogP contribution in [-0.4, -0.2) is 6.10 Å². The van der Waals surface area contributed by atoms with E-state index in [0.29, 0.717) is 5.88 Å². The lowest BCUT2D eigenvalue weighted by Gasteiger charge is -2.10. The predicted octanol–water partition coefficient (Wildman–Crippen LogP) is 3.98. The molecule has 0 heterocycles. The third kappa shape index (κ3) is 3.20. The van der Waals surface area contributed by atoms with E-state index in [4.69, 9.17) is 16.3 Å². The monoisotopic (exact) mass is 262 g/mol. The highest BCUT2D eigenvalue weighted by Crippen LogP contribution is 2.24. The highest BCUT2D eigenvalue weighted by Gasteiger charge is 2.02. The Balaban J connectivity index is 2.86. The molecule has 0 N–H and O–H groups in total. The van der Waals surface area contributed by atoms with Gasteiger partial charge in [-0.05, 0) is 37.6 Å². The molecule has 3 heteroatoms. The molecule has 0 amide bonds. The second-order valence-electron chi connectivity index (χ2n) is 3.05. The van der Waals surface area contributed by atoms with E-state index in [1.165, 1.54) is 0 Å². The van der Waals surface area contributed by atoms with Gasteiger partial charge in [-0.25, -0.2) is 0 Å². The molecule has 0 unspecified atom stereocenters. The third-order valence-corrected chi connectivity index (χ3v) is 2.59. The number of rotatable bonds is 3. The molecule has 0 atom stereocenters. The Kier molecular flexibility index (Phi) is 4.07. The summed E-state index contributed by atoms with van der Waals surface area (Å²) in [6.45, 7) is 4.00. The Labute approximate surface area is 92.2 Å². The Bertz CT molecular complexity index is 286. The first-order valence-electron chi connectivity index (χ1n) is 4.14. The molecule has 0 saturated heterocycles. The topological polar surface area (TPSA) is 9.23 Å². The van der Waals surface area contributed by atoms with Gasteiger partial charge in [0.05, 0.1) is 6.10 Å². The minimum absolute atomic E-state index is 0.198. The van der Waals surface area contributed by atoms with E-state index in [-0.39, 0.29) is 6.10 Å². The van der Waals surface area contributed by atoms with Gasteiger partial charge in [0.2, 0.25) is 0 Å². The molecule has 13 heavy (non-hydrogen) atoms. The summed E-state index contributed by atoms with van der Waals surface area (Å²) >= 11 is 9.17. The zero-order valence-electron chi connectivity index (χ0n) is 7.68. The molecule has 1 rings (SSSR count). The maximum Gasteiger partial charge on any atom is 0.120 e. The van der Waals surface area contributed by atoms with Crippen LogP contribution in [0, 0.1) is 0 Å². The summed E-state index contributed by atoms with van der Waals surface area (Å²) in [6, 6.07) is 5.84. The molecule has 0 saturated carbocycles. The highest BCUT2D eigenvalue weighted by atomic mass is 79.9. The van der Waals surface area contributed by atoms with Crippen molar-refractivity contribution < 1.29 is 4.74 Å². The van der Waals surface area contributed by atoms with Crippen LogP contribution in [0.5, 0.6) is 5.75 Å². The van der Waals surface area contributed by atoms with Crippen molar-refractivity contribution in [2.45, 2.75) is 25.8 Å². The molecular formula is C10H12BrClO. The number of hydrogen-bond acceptors (Lipinski definition) is 1. The average molecular weight is 264 g/mol. The molecule has 0 aliphatic carbocycles. The maximum absolute atomic E-state index is 5.76. The normalized spacial score (nSPS) is 10.5. The van der Waals surface area contributed by atoms with Crippen LogP contribution in [0.1, 0.15) is 19.4 Å². The van der Waals surface area contributed by atoms with Gasteiger partial charge < -0.3 is 4.74 Å². The van der Waals surface area contributed by atoms with Gasteiger partial charge in [0.1, 0.15) is 5.75 Å². The van der Waals surface area contributed by atoms with Gasteiger partial charge in [0.25, 0.3) is 0 Å². The summed E-state index contributed by atoms with van der Waals surface area (Å²) in [5, 5.41) is 0. The lowest BCUT2D eigenvalue weighted by atomic mass is 10.2. The summed E-state index contributed by atoms with van der Waals surface area (Å²) in [7, 11) is 0. The molecule has 1 aromatic carbocycles. The molecular weight excluding hydrogens is 251 g/mol. The molecule has 72 valence electrons. The second kappa shape index (κ2) is 4.87. The lowest BCUT2D eigenvalue weighted by Crippen LogP contribution is -2.05. The van der Waals surface area contributed by atoms with E-state index < -0.39 is 0 Å². The molecule has 0 bridgehead atoms. The largest absolute Gasteiger partial charge is 0.491 e. The van der Waals surface area contributed by atoms with E-state index in [1.54, 1.807) is 0 Å². The fraction of sp³-hybridized carbons (Fsp3) is 0.400. The van der Waals surface area contributed by atoms with E-state index >= 15 is 0 Å². The Morgan fingerprint density at radius 2 is 2.15 bits per heavy atom. The van der Waals surface area contributed by atoms with Crippen molar-refractivity contribution in [1.82, 2.24) is 0 Å². The van der Waals surface area contributed by atoms with Gasteiger partial charge in [0.15, 0.2) is 0 Å². The third-order valence-electron chi connectivity index (χ3n) is 1.53. The van der Waals surface area contributed by atoms with Crippen molar-refractivity contribution in [3.63, 3.8) is 0 Å². The van der Waals surface area contributed by atoms with Crippen molar-refractivity contribution in [2.24, 2.45) is 0 Å². The molecule has 0 spiro atoms. The van der Waals surface area contributed by atoms with Gasteiger partial charge in [0, 0.05) is 10.4 Å². The Hall–Kier alpha value is -0.210. The number of hydrogen-bond donors (Lipinski definition) is 0. The fourth-order valence-corrected chi connectivity index (χ4v) is 1.77. The zero-order chi connectivity index (χ0) is 9.84. The molecule has 0 aromatic heterocycles. The summed E-state index contributed by atoms with van der Waals surface area (Å²) < 4.78 is 6.56. The SMILES string of the molecule is CC(C)Oc1ccc(Br)c(CCl)c1. The quantitative estimate of drug-likeness (QED) is 0.750. The van der Waals surface area contributed by atoms with Crippen LogP contribution < -0.4 is 4.74 Å². The number of benzene rings is 1. The zero-order valence-corrected chi connectivity index (χ0v) is 10.0. The summed E-state index contributed by atoms with van der Waals surface area (Å²) in [5.74, 6) is 1.37. The van der Waals surface area contributed by atoms with Crippen LogP contribution in [0.4, 0.5) is 0 Å². The number of halogens is 2. The first-order valence-corrected chi connectivity index (χ1v) is 5.47. The van der Waals surface area contributed by atoms with Crippen LogP contribution >= 0.6 is 27.5 Å². The van der Waals surface area contributed by atoms with Crippen molar-refractivity contribution in [3.8, 4) is 5.75 Å². The Morgan fingerprint density at radius 3 is 2.69 bits per heavy atom. The molecule has 0 radical (unpaired) electrons. The van der Waals surface area contributed by atoms with E-state index in [9.17, 15) is 0 Å². The summed E-state index contributed by atoms with van der Waals surface area (Å²) in [6.07, 6.45) is 0.198. The van der Waals surface area contributed by atoms with Crippen LogP contribution in [0.15, 0.2) is 22.7 Å². The fourth-order valence-electron chi connectivity index (χ4n) is 0.999. The van der Waals surface area contributed by atoms with E-state index in [1.807, 2.05) is 32.0 Å². The van der Waals surface area contributed by atoms with Gasteiger partial charge in [-0.1, -0.05) is 15.9 Å². The predicted molar refractivity (Wildman–Crippen MR) is 59.5 cm³/mol. The molecule has 1 aromatic rings. The smallest absolute Gasteiger partial charge is 0.120 e. The van der Waals surface area contributed by atoms with Crippen molar-refractivity contribution in [1.29, 1.82) is 0 Å². The first-order chi connectivity index (χ1) is 6.13. The maximum atomic E-state index is 5.76. The molecule has 0 aliphatic rings. The minimum atomic E-state index is 0.198. The standard InChI is InChI=1S/C10H12BrClO/c1-7(2)13-9-3-4-10(11)8(5-9)6-12/h3-5,7H,6H2,1-2H3. The van der Waals surface area contributed by atoms with Gasteiger partial charge in [-0.3, -0.25) is 0 Å². The average Bonchev–Trinajstić information content (AvgIpc) is 2.07. The van der Waals surface area contributed by atoms with Crippen LogP contribution in [0.3, 0.4) is 0 Å². The summed E-state index contributed by atoms with van der Waals surface area (Å²) in [5.41, 5.74) is 1.06. The van der Waals surface area contributed by atoms with Crippen molar-refractivity contribution in [3.05, 3.63) is 28.2 Å². The van der Waals surface area contributed by atoms with Crippen LogP contribution in [-0.2, 0) is 5.88 Å². The van der Waals surface area contributed by atoms with E-state index in [2.05, 4.69) is 15.9 Å². The lowest BCUT2D eigenvalue weighted by molar-refractivity contribution is 0.242. The van der Waals surface area contributed by atoms with Gasteiger partial charge >= 0.3 is 0 Å². The van der Waals surface area contributed by atoms with Gasteiger partial charge in [-0.2, -0.15) is 0 Å². The molecule has 1 nitrogen and oxygen atoms in total. The van der Waals surface area contributed by atoms with Crippen molar-refractivity contribution >= 4 is 27.5 Å².